The van der Waals surface area contributed by atoms with E-state index >= 15 is 0 Å². The van der Waals surface area contributed by atoms with Crippen LogP contribution >= 0.6 is 0 Å². The first-order valence-corrected chi connectivity index (χ1v) is 9.10. The molecule has 1 aromatic rings. The minimum atomic E-state index is -0.187. The highest BCUT2D eigenvalue weighted by molar-refractivity contribution is 5.91. The summed E-state index contributed by atoms with van der Waals surface area (Å²) in [7, 11) is 1.84. The lowest BCUT2D eigenvalue weighted by Gasteiger charge is -2.23. The van der Waals surface area contributed by atoms with E-state index in [0.29, 0.717) is 37.2 Å². The molecule has 1 aromatic heterocycles. The summed E-state index contributed by atoms with van der Waals surface area (Å²) in [6.45, 7) is 1.67. The van der Waals surface area contributed by atoms with Crippen molar-refractivity contribution in [2.75, 3.05) is 13.6 Å². The molecule has 0 spiro atoms. The Labute approximate surface area is 141 Å². The van der Waals surface area contributed by atoms with E-state index < -0.39 is 0 Å². The lowest BCUT2D eigenvalue weighted by atomic mass is 9.85. The molecule has 24 heavy (non-hydrogen) atoms. The van der Waals surface area contributed by atoms with Gasteiger partial charge in [-0.25, -0.2) is 0 Å². The zero-order valence-corrected chi connectivity index (χ0v) is 14.2. The van der Waals surface area contributed by atoms with Crippen molar-refractivity contribution >= 4 is 11.8 Å². The van der Waals surface area contributed by atoms with Gasteiger partial charge in [-0.1, -0.05) is 32.1 Å². The Bertz CT molecular complexity index is 649. The number of aromatic nitrogens is 3. The van der Waals surface area contributed by atoms with Crippen LogP contribution in [-0.2, 0) is 17.9 Å². The van der Waals surface area contributed by atoms with E-state index in [0.717, 1.165) is 12.3 Å². The molecule has 7 heteroatoms. The molecule has 130 valence electrons. The molecular weight excluding hydrogens is 306 g/mol. The maximum Gasteiger partial charge on any atom is 0.289 e. The van der Waals surface area contributed by atoms with Crippen LogP contribution in [0.15, 0.2) is 0 Å². The minimum Gasteiger partial charge on any atom is -0.348 e. The standard InChI is InChI=1S/C17H25N5O2/c1-21(10-14-19-20-15-16(23)18-7-8-22(14)15)17(24)13-9-12(13)11-5-3-2-4-6-11/h11-13H,2-10H2,1H3,(H,18,23). The molecule has 1 N–H and O–H groups in total. The van der Waals surface area contributed by atoms with Crippen LogP contribution in [0.2, 0.25) is 0 Å². The molecule has 2 fully saturated rings. The third kappa shape index (κ3) is 2.80. The van der Waals surface area contributed by atoms with Gasteiger partial charge in [0.05, 0.1) is 6.54 Å². The van der Waals surface area contributed by atoms with E-state index in [2.05, 4.69) is 15.5 Å². The van der Waals surface area contributed by atoms with Gasteiger partial charge in [-0.05, 0) is 18.3 Å². The van der Waals surface area contributed by atoms with Gasteiger partial charge in [-0.2, -0.15) is 0 Å². The van der Waals surface area contributed by atoms with Gasteiger partial charge in [-0.15, -0.1) is 10.2 Å². The highest BCUT2D eigenvalue weighted by atomic mass is 16.2. The fourth-order valence-corrected chi connectivity index (χ4v) is 4.37. The summed E-state index contributed by atoms with van der Waals surface area (Å²) in [5.74, 6) is 2.64. The van der Waals surface area contributed by atoms with Crippen LogP contribution in [0.5, 0.6) is 0 Å². The summed E-state index contributed by atoms with van der Waals surface area (Å²) in [6.07, 6.45) is 7.65. The van der Waals surface area contributed by atoms with Crippen LogP contribution in [0.1, 0.15) is 55.0 Å². The van der Waals surface area contributed by atoms with Crippen molar-refractivity contribution in [2.45, 2.75) is 51.6 Å². The summed E-state index contributed by atoms with van der Waals surface area (Å²) in [5.41, 5.74) is 0. The second-order valence-electron chi connectivity index (χ2n) is 7.45. The van der Waals surface area contributed by atoms with Crippen LogP contribution in [0, 0.1) is 17.8 Å². The number of fused-ring (bicyclic) bond motifs is 1. The molecule has 2 atom stereocenters. The topological polar surface area (TPSA) is 80.1 Å². The molecule has 2 amide bonds. The number of nitrogens with zero attached hydrogens (tertiary/aromatic N) is 4. The van der Waals surface area contributed by atoms with E-state index in [1.54, 1.807) is 4.90 Å². The van der Waals surface area contributed by atoms with E-state index in [4.69, 9.17) is 0 Å². The second-order valence-corrected chi connectivity index (χ2v) is 7.45. The Balaban J connectivity index is 1.37. The second kappa shape index (κ2) is 6.18. The van der Waals surface area contributed by atoms with Crippen molar-refractivity contribution in [3.8, 4) is 0 Å². The third-order valence-corrected chi connectivity index (χ3v) is 5.82. The zero-order chi connectivity index (χ0) is 16.7. The molecule has 2 unspecified atom stereocenters. The Hall–Kier alpha value is -1.92. The van der Waals surface area contributed by atoms with Crippen LogP contribution in [0.3, 0.4) is 0 Å². The number of hydrogen-bond acceptors (Lipinski definition) is 4. The molecule has 7 nitrogen and oxygen atoms in total. The summed E-state index contributed by atoms with van der Waals surface area (Å²) in [4.78, 5) is 26.2. The van der Waals surface area contributed by atoms with Crippen LogP contribution in [0.25, 0.3) is 0 Å². The van der Waals surface area contributed by atoms with E-state index in [9.17, 15) is 9.59 Å². The highest BCUT2D eigenvalue weighted by Gasteiger charge is 2.48. The monoisotopic (exact) mass is 331 g/mol. The first-order chi connectivity index (χ1) is 11.6. The number of carbonyl (C=O) groups excluding carboxylic acids is 2. The van der Waals surface area contributed by atoms with Crippen molar-refractivity contribution in [1.82, 2.24) is 25.0 Å². The highest BCUT2D eigenvalue weighted by Crippen LogP contribution is 2.50. The van der Waals surface area contributed by atoms with Crippen molar-refractivity contribution in [3.05, 3.63) is 11.6 Å². The van der Waals surface area contributed by atoms with Gasteiger partial charge in [-0.3, -0.25) is 9.59 Å². The van der Waals surface area contributed by atoms with Gasteiger partial charge in [0.1, 0.15) is 0 Å². The van der Waals surface area contributed by atoms with Crippen LogP contribution in [-0.4, -0.2) is 45.1 Å². The van der Waals surface area contributed by atoms with Gasteiger partial charge < -0.3 is 14.8 Å². The zero-order valence-electron chi connectivity index (χ0n) is 14.2. The number of nitrogens with one attached hydrogen (secondary N) is 1. The molecular formula is C17H25N5O2. The molecule has 0 aromatic carbocycles. The average Bonchev–Trinajstić information content (AvgIpc) is 3.30. The largest absolute Gasteiger partial charge is 0.348 e. The minimum absolute atomic E-state index is 0.187. The average molecular weight is 331 g/mol. The molecule has 3 aliphatic rings. The molecule has 0 bridgehead atoms. The quantitative estimate of drug-likeness (QED) is 0.899. The predicted molar refractivity (Wildman–Crippen MR) is 87.0 cm³/mol. The summed E-state index contributed by atoms with van der Waals surface area (Å²) >= 11 is 0. The van der Waals surface area contributed by atoms with Crippen LogP contribution in [0.4, 0.5) is 0 Å². The normalized spacial score (nSPS) is 26.6. The predicted octanol–water partition coefficient (Wildman–Crippen LogP) is 1.20. The smallest absolute Gasteiger partial charge is 0.289 e. The Morgan fingerprint density at radius 2 is 2.08 bits per heavy atom. The maximum absolute atomic E-state index is 12.7. The molecule has 1 aliphatic heterocycles. The Morgan fingerprint density at radius 1 is 1.29 bits per heavy atom. The molecule has 2 saturated carbocycles. The Morgan fingerprint density at radius 3 is 2.88 bits per heavy atom. The molecule has 0 saturated heterocycles. The summed E-state index contributed by atoms with van der Waals surface area (Å²) in [6, 6.07) is 0. The summed E-state index contributed by atoms with van der Waals surface area (Å²) in [5, 5.41) is 10.8. The number of hydrogen-bond donors (Lipinski definition) is 1. The fraction of sp³-hybridized carbons (Fsp3) is 0.765. The Kier molecular flexibility index (Phi) is 4.02. The van der Waals surface area contributed by atoms with Crippen molar-refractivity contribution in [1.29, 1.82) is 0 Å². The van der Waals surface area contributed by atoms with E-state index in [1.165, 1.54) is 32.1 Å². The molecule has 4 rings (SSSR count). The van der Waals surface area contributed by atoms with Crippen molar-refractivity contribution < 1.29 is 9.59 Å². The number of amides is 2. The third-order valence-electron chi connectivity index (χ3n) is 5.82. The first kappa shape index (κ1) is 15.6. The fourth-order valence-electron chi connectivity index (χ4n) is 4.37. The van der Waals surface area contributed by atoms with Gasteiger partial charge in [0.2, 0.25) is 11.7 Å². The molecule has 0 radical (unpaired) electrons. The van der Waals surface area contributed by atoms with Crippen LogP contribution < -0.4 is 5.32 Å². The molecule has 2 aliphatic carbocycles. The lowest BCUT2D eigenvalue weighted by Crippen LogP contribution is -2.37. The van der Waals surface area contributed by atoms with Crippen molar-refractivity contribution in [3.63, 3.8) is 0 Å². The SMILES string of the molecule is CN(Cc1nnc2n1CCNC2=O)C(=O)C1CC1C1CCCCC1. The first-order valence-electron chi connectivity index (χ1n) is 9.10. The van der Waals surface area contributed by atoms with Gasteiger partial charge >= 0.3 is 0 Å². The van der Waals surface area contributed by atoms with Crippen molar-refractivity contribution in [2.24, 2.45) is 17.8 Å². The van der Waals surface area contributed by atoms with E-state index in [-0.39, 0.29) is 17.7 Å². The molecule has 2 heterocycles. The van der Waals surface area contributed by atoms with Gasteiger partial charge in [0.25, 0.3) is 5.91 Å². The number of carbonyl (C=O) groups is 2. The number of rotatable bonds is 4. The van der Waals surface area contributed by atoms with Gasteiger partial charge in [0.15, 0.2) is 5.82 Å². The summed E-state index contributed by atoms with van der Waals surface area (Å²) < 4.78 is 1.83. The van der Waals surface area contributed by atoms with Gasteiger partial charge in [0, 0.05) is 26.1 Å². The maximum atomic E-state index is 12.7. The lowest BCUT2D eigenvalue weighted by molar-refractivity contribution is -0.132. The van der Waals surface area contributed by atoms with E-state index in [1.807, 2.05) is 11.6 Å².